The molecule has 0 atom stereocenters. The maximum atomic E-state index is 4.26. The summed E-state index contributed by atoms with van der Waals surface area (Å²) in [5, 5.41) is 4.26. The second kappa shape index (κ2) is 4.55. The molecule has 0 amide bonds. The van der Waals surface area contributed by atoms with Crippen LogP contribution in [0.5, 0.6) is 0 Å². The normalized spacial score (nSPS) is 14.6. The van der Waals surface area contributed by atoms with Crippen LogP contribution in [0.2, 0.25) is 0 Å². The van der Waals surface area contributed by atoms with Gasteiger partial charge >= 0.3 is 0 Å². The zero-order valence-corrected chi connectivity index (χ0v) is 8.82. The van der Waals surface area contributed by atoms with Crippen LogP contribution in [0.15, 0.2) is 6.20 Å². The highest BCUT2D eigenvalue weighted by Gasteiger charge is 2.10. The molecule has 2 heterocycles. The molecule has 0 aromatic carbocycles. The molecular formula is C9H16N2S. The van der Waals surface area contributed by atoms with Crippen molar-refractivity contribution in [3.05, 3.63) is 17.5 Å². The molecule has 0 saturated heterocycles. The third kappa shape index (κ3) is 1.83. The quantitative estimate of drug-likeness (QED) is 0.616. The van der Waals surface area contributed by atoms with E-state index in [1.54, 1.807) is 0 Å². The van der Waals surface area contributed by atoms with Gasteiger partial charge in [-0.3, -0.25) is 4.68 Å². The van der Waals surface area contributed by atoms with E-state index in [9.17, 15) is 0 Å². The highest BCUT2D eigenvalue weighted by atomic mass is 32.2. The standard InChI is InChI=1S/C7H10N2S.C2H6/c1-6-4-8-9-2-3-10-5-7(6)9;1-2/h4H,2-3,5H2,1H3;1-2H3. The van der Waals surface area contributed by atoms with Crippen LogP contribution in [0.4, 0.5) is 0 Å². The van der Waals surface area contributed by atoms with Crippen LogP contribution >= 0.6 is 11.8 Å². The third-order valence-electron chi connectivity index (χ3n) is 1.84. The molecular weight excluding hydrogens is 168 g/mol. The Morgan fingerprint density at radius 2 is 2.25 bits per heavy atom. The lowest BCUT2D eigenvalue weighted by Gasteiger charge is -2.12. The molecule has 68 valence electrons. The third-order valence-corrected chi connectivity index (χ3v) is 2.79. The molecule has 12 heavy (non-hydrogen) atoms. The van der Waals surface area contributed by atoms with Gasteiger partial charge in [0.25, 0.3) is 0 Å². The Hall–Kier alpha value is -0.440. The van der Waals surface area contributed by atoms with Crippen molar-refractivity contribution >= 4 is 11.8 Å². The van der Waals surface area contributed by atoms with E-state index in [2.05, 4.69) is 16.7 Å². The molecule has 0 N–H and O–H groups in total. The highest BCUT2D eigenvalue weighted by Crippen LogP contribution is 2.20. The summed E-state index contributed by atoms with van der Waals surface area (Å²) in [4.78, 5) is 0. The van der Waals surface area contributed by atoms with Crippen LogP contribution in [-0.4, -0.2) is 15.5 Å². The Bertz CT molecular complexity index is 243. The van der Waals surface area contributed by atoms with Gasteiger partial charge in [-0.1, -0.05) is 13.8 Å². The minimum Gasteiger partial charge on any atom is -0.268 e. The number of fused-ring (bicyclic) bond motifs is 1. The van der Waals surface area contributed by atoms with Gasteiger partial charge in [0, 0.05) is 11.5 Å². The molecule has 1 aromatic rings. The Balaban J connectivity index is 0.000000336. The first-order chi connectivity index (χ1) is 5.88. The fraction of sp³-hybridized carbons (Fsp3) is 0.667. The first-order valence-electron chi connectivity index (χ1n) is 4.47. The first kappa shape index (κ1) is 9.65. The van der Waals surface area contributed by atoms with Crippen molar-refractivity contribution in [3.63, 3.8) is 0 Å². The SMILES string of the molecule is CC.Cc1cnn2c1CSCC2. The van der Waals surface area contributed by atoms with Gasteiger partial charge in [-0.15, -0.1) is 0 Å². The van der Waals surface area contributed by atoms with E-state index < -0.39 is 0 Å². The maximum Gasteiger partial charge on any atom is 0.0522 e. The van der Waals surface area contributed by atoms with E-state index in [1.807, 2.05) is 31.8 Å². The van der Waals surface area contributed by atoms with Gasteiger partial charge in [0.1, 0.15) is 0 Å². The summed E-state index contributed by atoms with van der Waals surface area (Å²) in [5.74, 6) is 2.36. The number of nitrogens with zero attached hydrogens (tertiary/aromatic N) is 2. The Morgan fingerprint density at radius 3 is 2.92 bits per heavy atom. The van der Waals surface area contributed by atoms with Crippen molar-refractivity contribution in [3.8, 4) is 0 Å². The summed E-state index contributed by atoms with van der Waals surface area (Å²) in [5.41, 5.74) is 2.75. The summed E-state index contributed by atoms with van der Waals surface area (Å²) < 4.78 is 2.12. The average molecular weight is 184 g/mol. The van der Waals surface area contributed by atoms with Crippen molar-refractivity contribution in [1.29, 1.82) is 0 Å². The van der Waals surface area contributed by atoms with Crippen LogP contribution in [0, 0.1) is 6.92 Å². The molecule has 1 aromatic heterocycles. The number of thioether (sulfide) groups is 1. The molecule has 2 rings (SSSR count). The van der Waals surface area contributed by atoms with Crippen molar-refractivity contribution in [2.45, 2.75) is 33.1 Å². The predicted octanol–water partition coefficient (Wildman–Crippen LogP) is 2.46. The zero-order chi connectivity index (χ0) is 8.97. The number of hydrogen-bond donors (Lipinski definition) is 0. The van der Waals surface area contributed by atoms with Crippen LogP contribution in [0.3, 0.4) is 0 Å². The molecule has 1 aliphatic heterocycles. The van der Waals surface area contributed by atoms with Gasteiger partial charge in [-0.2, -0.15) is 16.9 Å². The number of aryl methyl sites for hydroxylation is 2. The average Bonchev–Trinajstić information content (AvgIpc) is 2.53. The summed E-state index contributed by atoms with van der Waals surface area (Å²) in [7, 11) is 0. The summed E-state index contributed by atoms with van der Waals surface area (Å²) in [6.45, 7) is 7.22. The fourth-order valence-corrected chi connectivity index (χ4v) is 2.22. The molecule has 0 bridgehead atoms. The fourth-order valence-electron chi connectivity index (χ4n) is 1.20. The second-order valence-electron chi connectivity index (χ2n) is 2.55. The number of rotatable bonds is 0. The topological polar surface area (TPSA) is 17.8 Å². The molecule has 0 fully saturated rings. The summed E-state index contributed by atoms with van der Waals surface area (Å²) >= 11 is 2.00. The zero-order valence-electron chi connectivity index (χ0n) is 8.00. The van der Waals surface area contributed by atoms with E-state index in [4.69, 9.17) is 0 Å². The maximum absolute atomic E-state index is 4.26. The van der Waals surface area contributed by atoms with Crippen LogP contribution in [-0.2, 0) is 12.3 Å². The van der Waals surface area contributed by atoms with Gasteiger partial charge in [0.2, 0.25) is 0 Å². The smallest absolute Gasteiger partial charge is 0.0522 e. The predicted molar refractivity (Wildman–Crippen MR) is 54.5 cm³/mol. The Labute approximate surface area is 78.4 Å². The molecule has 0 spiro atoms. The van der Waals surface area contributed by atoms with Gasteiger partial charge in [0.05, 0.1) is 18.4 Å². The summed E-state index contributed by atoms with van der Waals surface area (Å²) in [6, 6.07) is 0. The molecule has 3 heteroatoms. The van der Waals surface area contributed by atoms with Gasteiger partial charge in [0.15, 0.2) is 0 Å². The molecule has 2 nitrogen and oxygen atoms in total. The molecule has 1 aliphatic rings. The summed E-state index contributed by atoms with van der Waals surface area (Å²) in [6.07, 6.45) is 1.96. The lowest BCUT2D eigenvalue weighted by Crippen LogP contribution is -2.11. The van der Waals surface area contributed by atoms with E-state index in [-0.39, 0.29) is 0 Å². The monoisotopic (exact) mass is 184 g/mol. The van der Waals surface area contributed by atoms with Crippen molar-refractivity contribution in [2.24, 2.45) is 0 Å². The molecule has 0 unspecified atom stereocenters. The minimum atomic E-state index is 1.09. The molecule has 0 aliphatic carbocycles. The van der Waals surface area contributed by atoms with E-state index in [0.29, 0.717) is 0 Å². The van der Waals surface area contributed by atoms with E-state index in [1.165, 1.54) is 17.0 Å². The van der Waals surface area contributed by atoms with Crippen molar-refractivity contribution in [2.75, 3.05) is 5.75 Å². The van der Waals surface area contributed by atoms with Gasteiger partial charge < -0.3 is 0 Å². The van der Waals surface area contributed by atoms with Crippen LogP contribution < -0.4 is 0 Å². The largest absolute Gasteiger partial charge is 0.268 e. The van der Waals surface area contributed by atoms with Gasteiger partial charge in [-0.05, 0) is 12.5 Å². The second-order valence-corrected chi connectivity index (χ2v) is 3.66. The van der Waals surface area contributed by atoms with Crippen molar-refractivity contribution < 1.29 is 0 Å². The lowest BCUT2D eigenvalue weighted by molar-refractivity contribution is 0.632. The molecule has 0 radical (unpaired) electrons. The molecule has 0 saturated carbocycles. The minimum absolute atomic E-state index is 1.09. The Kier molecular flexibility index (Phi) is 3.66. The highest BCUT2D eigenvalue weighted by molar-refractivity contribution is 7.98. The van der Waals surface area contributed by atoms with Crippen molar-refractivity contribution in [1.82, 2.24) is 9.78 Å². The van der Waals surface area contributed by atoms with Crippen LogP contribution in [0.1, 0.15) is 25.1 Å². The van der Waals surface area contributed by atoms with Gasteiger partial charge in [-0.25, -0.2) is 0 Å². The Morgan fingerprint density at radius 1 is 1.50 bits per heavy atom. The van der Waals surface area contributed by atoms with E-state index >= 15 is 0 Å². The van der Waals surface area contributed by atoms with Crippen LogP contribution in [0.25, 0.3) is 0 Å². The van der Waals surface area contributed by atoms with E-state index in [0.717, 1.165) is 12.3 Å². The number of aromatic nitrogens is 2. The lowest BCUT2D eigenvalue weighted by atomic mass is 10.3. The first-order valence-corrected chi connectivity index (χ1v) is 5.62. The number of hydrogen-bond acceptors (Lipinski definition) is 2.